The van der Waals surface area contributed by atoms with Crippen molar-refractivity contribution in [1.29, 1.82) is 0 Å². The number of halogens is 2. The number of ether oxygens (including phenoxy) is 1. The van der Waals surface area contributed by atoms with E-state index in [-0.39, 0.29) is 12.0 Å². The van der Waals surface area contributed by atoms with Crippen LogP contribution in [0.3, 0.4) is 0 Å². The number of amides is 1. The fourth-order valence-electron chi connectivity index (χ4n) is 1.36. The molecular formula is C13H11F2NO3. The predicted molar refractivity (Wildman–Crippen MR) is 63.1 cm³/mol. The Balaban J connectivity index is 2.88. The number of terminal acetylenes is 1. The number of methoxy groups -OCH3 is 1. The van der Waals surface area contributed by atoms with Gasteiger partial charge >= 0.3 is 5.97 Å². The van der Waals surface area contributed by atoms with Crippen molar-refractivity contribution in [3.63, 3.8) is 0 Å². The monoisotopic (exact) mass is 267 g/mol. The fourth-order valence-corrected chi connectivity index (χ4v) is 1.36. The van der Waals surface area contributed by atoms with Crippen LogP contribution in [0.4, 0.5) is 8.78 Å². The van der Waals surface area contributed by atoms with Crippen molar-refractivity contribution in [1.82, 2.24) is 5.32 Å². The molecule has 0 aromatic heterocycles. The largest absolute Gasteiger partial charge is 0.467 e. The topological polar surface area (TPSA) is 55.4 Å². The third-order valence-corrected chi connectivity index (χ3v) is 2.29. The summed E-state index contributed by atoms with van der Waals surface area (Å²) in [5.74, 6) is -1.25. The lowest BCUT2D eigenvalue weighted by Gasteiger charge is -2.14. The second-order valence-corrected chi connectivity index (χ2v) is 3.58. The Kier molecular flexibility index (Phi) is 5.01. The van der Waals surface area contributed by atoms with E-state index < -0.39 is 29.6 Å². The molecule has 100 valence electrons. The maximum atomic E-state index is 13.4. The lowest BCUT2D eigenvalue weighted by atomic mass is 10.1. The van der Waals surface area contributed by atoms with E-state index in [2.05, 4.69) is 16.0 Å². The second kappa shape index (κ2) is 6.50. The highest BCUT2D eigenvalue weighted by molar-refractivity contribution is 5.97. The molecule has 1 amide bonds. The van der Waals surface area contributed by atoms with Gasteiger partial charge in [0.2, 0.25) is 0 Å². The van der Waals surface area contributed by atoms with Crippen LogP contribution >= 0.6 is 0 Å². The Labute approximate surface area is 108 Å². The molecule has 0 saturated carbocycles. The summed E-state index contributed by atoms with van der Waals surface area (Å²) in [7, 11) is 1.14. The van der Waals surface area contributed by atoms with E-state index in [9.17, 15) is 18.4 Å². The predicted octanol–water partition coefficient (Wildman–Crippen LogP) is 1.26. The molecule has 0 radical (unpaired) electrons. The minimum Gasteiger partial charge on any atom is -0.467 e. The minimum absolute atomic E-state index is 0.0960. The molecule has 1 atom stereocenters. The first-order valence-electron chi connectivity index (χ1n) is 5.26. The number of nitrogens with one attached hydrogen (secondary N) is 1. The van der Waals surface area contributed by atoms with E-state index in [4.69, 9.17) is 6.42 Å². The average molecular weight is 267 g/mol. The van der Waals surface area contributed by atoms with Crippen LogP contribution in [0.2, 0.25) is 0 Å². The van der Waals surface area contributed by atoms with Crippen LogP contribution in [-0.4, -0.2) is 25.0 Å². The standard InChI is InChI=1S/C13H11F2NO3/c1-3-4-11(13(18)19-2)16-12(17)9-6-5-8(14)7-10(9)15/h1,5-7,11H,4H2,2H3,(H,16,17)/t11-/m0/s1. The highest BCUT2D eigenvalue weighted by atomic mass is 19.1. The number of benzene rings is 1. The molecule has 0 bridgehead atoms. The van der Waals surface area contributed by atoms with Gasteiger partial charge in [-0.2, -0.15) is 0 Å². The molecule has 0 aliphatic heterocycles. The third-order valence-electron chi connectivity index (χ3n) is 2.29. The van der Waals surface area contributed by atoms with Crippen LogP contribution in [0.1, 0.15) is 16.8 Å². The maximum Gasteiger partial charge on any atom is 0.329 e. The zero-order chi connectivity index (χ0) is 14.4. The molecule has 1 aromatic carbocycles. The van der Waals surface area contributed by atoms with Gasteiger partial charge in [-0.25, -0.2) is 13.6 Å². The Morgan fingerprint density at radius 1 is 1.47 bits per heavy atom. The molecule has 6 heteroatoms. The summed E-state index contributed by atoms with van der Waals surface area (Å²) in [4.78, 5) is 23.1. The highest BCUT2D eigenvalue weighted by Gasteiger charge is 2.22. The average Bonchev–Trinajstić information content (AvgIpc) is 2.37. The van der Waals surface area contributed by atoms with E-state index in [1.807, 2.05) is 0 Å². The first-order valence-corrected chi connectivity index (χ1v) is 5.26. The molecular weight excluding hydrogens is 256 g/mol. The van der Waals surface area contributed by atoms with Crippen LogP contribution < -0.4 is 5.32 Å². The lowest BCUT2D eigenvalue weighted by molar-refractivity contribution is -0.142. The maximum absolute atomic E-state index is 13.4. The van der Waals surface area contributed by atoms with Gasteiger partial charge in [0.25, 0.3) is 5.91 Å². The quantitative estimate of drug-likeness (QED) is 0.660. The van der Waals surface area contributed by atoms with Crippen LogP contribution in [-0.2, 0) is 9.53 Å². The summed E-state index contributed by atoms with van der Waals surface area (Å²) in [5.41, 5.74) is -0.382. The first kappa shape index (κ1) is 14.6. The Bertz CT molecular complexity index is 537. The van der Waals surface area contributed by atoms with Crippen molar-refractivity contribution >= 4 is 11.9 Å². The molecule has 0 fully saturated rings. The molecule has 1 rings (SSSR count). The van der Waals surface area contributed by atoms with Crippen molar-refractivity contribution in [2.45, 2.75) is 12.5 Å². The Morgan fingerprint density at radius 2 is 2.16 bits per heavy atom. The van der Waals surface area contributed by atoms with Crippen LogP contribution in [0.5, 0.6) is 0 Å². The molecule has 1 aromatic rings. The van der Waals surface area contributed by atoms with Gasteiger partial charge in [-0.1, -0.05) is 0 Å². The van der Waals surface area contributed by atoms with E-state index >= 15 is 0 Å². The molecule has 19 heavy (non-hydrogen) atoms. The number of esters is 1. The van der Waals surface area contributed by atoms with Gasteiger partial charge in [-0.15, -0.1) is 12.3 Å². The van der Waals surface area contributed by atoms with Gasteiger partial charge in [0.1, 0.15) is 17.7 Å². The second-order valence-electron chi connectivity index (χ2n) is 3.58. The molecule has 1 N–H and O–H groups in total. The third kappa shape index (κ3) is 3.78. The van der Waals surface area contributed by atoms with E-state index in [0.717, 1.165) is 19.2 Å². The molecule has 0 unspecified atom stereocenters. The van der Waals surface area contributed by atoms with Gasteiger partial charge < -0.3 is 10.1 Å². The summed E-state index contributed by atoms with van der Waals surface area (Å²) in [5, 5.41) is 2.23. The van der Waals surface area contributed by atoms with Crippen molar-refractivity contribution in [3.8, 4) is 12.3 Å². The van der Waals surface area contributed by atoms with E-state index in [1.54, 1.807) is 0 Å². The number of carbonyl (C=O) groups is 2. The summed E-state index contributed by atoms with van der Waals surface area (Å²) in [6, 6.07) is 1.41. The van der Waals surface area contributed by atoms with Crippen LogP contribution in [0.15, 0.2) is 18.2 Å². The normalized spacial score (nSPS) is 11.3. The van der Waals surface area contributed by atoms with E-state index in [0.29, 0.717) is 6.07 Å². The summed E-state index contributed by atoms with van der Waals surface area (Å²) < 4.78 is 30.5. The molecule has 0 aliphatic carbocycles. The van der Waals surface area contributed by atoms with E-state index in [1.165, 1.54) is 0 Å². The number of rotatable bonds is 4. The molecule has 0 spiro atoms. The van der Waals surface area contributed by atoms with Crippen LogP contribution in [0.25, 0.3) is 0 Å². The first-order chi connectivity index (χ1) is 8.99. The van der Waals surface area contributed by atoms with Gasteiger partial charge in [0.15, 0.2) is 0 Å². The molecule has 4 nitrogen and oxygen atoms in total. The fraction of sp³-hybridized carbons (Fsp3) is 0.231. The van der Waals surface area contributed by atoms with Crippen molar-refractivity contribution < 1.29 is 23.1 Å². The zero-order valence-corrected chi connectivity index (χ0v) is 10.1. The molecule has 0 heterocycles. The lowest BCUT2D eigenvalue weighted by Crippen LogP contribution is -2.41. The van der Waals surface area contributed by atoms with Gasteiger partial charge in [-0.3, -0.25) is 4.79 Å². The van der Waals surface area contributed by atoms with Crippen molar-refractivity contribution in [2.75, 3.05) is 7.11 Å². The SMILES string of the molecule is C#CC[C@H](NC(=O)c1ccc(F)cc1F)C(=O)OC. The summed E-state index contributed by atoms with van der Waals surface area (Å²) >= 11 is 0. The minimum atomic E-state index is -1.08. The number of carbonyl (C=O) groups excluding carboxylic acids is 2. The Morgan fingerprint density at radius 3 is 2.68 bits per heavy atom. The van der Waals surface area contributed by atoms with Gasteiger partial charge in [0, 0.05) is 12.5 Å². The molecule has 0 aliphatic rings. The highest BCUT2D eigenvalue weighted by Crippen LogP contribution is 2.10. The summed E-state index contributed by atoms with van der Waals surface area (Å²) in [6.07, 6.45) is 4.96. The van der Waals surface area contributed by atoms with Crippen molar-refractivity contribution in [2.24, 2.45) is 0 Å². The zero-order valence-electron chi connectivity index (χ0n) is 10.1. The van der Waals surface area contributed by atoms with Gasteiger partial charge in [-0.05, 0) is 12.1 Å². The summed E-state index contributed by atoms with van der Waals surface area (Å²) in [6.45, 7) is 0. The Hall–Kier alpha value is -2.42. The van der Waals surface area contributed by atoms with Gasteiger partial charge in [0.05, 0.1) is 12.7 Å². The smallest absolute Gasteiger partial charge is 0.329 e. The number of hydrogen-bond donors (Lipinski definition) is 1. The van der Waals surface area contributed by atoms with Crippen molar-refractivity contribution in [3.05, 3.63) is 35.4 Å². The van der Waals surface area contributed by atoms with Crippen LogP contribution in [0, 0.1) is 24.0 Å². The molecule has 0 saturated heterocycles. The number of hydrogen-bond acceptors (Lipinski definition) is 3.